The third kappa shape index (κ3) is 5.49. The van der Waals surface area contributed by atoms with Crippen LogP contribution in [-0.2, 0) is 4.79 Å². The van der Waals surface area contributed by atoms with Gasteiger partial charge in [-0.1, -0.05) is 26.2 Å². The number of hydrogen-bond acceptors (Lipinski definition) is 3. The normalized spacial score (nSPS) is 12.6. The van der Waals surface area contributed by atoms with Crippen LogP contribution >= 0.6 is 0 Å². The summed E-state index contributed by atoms with van der Waals surface area (Å²) in [5.74, 6) is 0.0329. The van der Waals surface area contributed by atoms with Gasteiger partial charge in [0.2, 0.25) is 5.91 Å². The Morgan fingerprint density at radius 1 is 1.11 bits per heavy atom. The standard InChI is InChI=1S/C15H32N2O2/c1-6-7-8-9-10-17(11-12-18)13(19)14(2,3)15(4,5)16/h18H,6-12,16H2,1-5H3. The molecule has 0 atom stereocenters. The molecule has 19 heavy (non-hydrogen) atoms. The molecule has 0 aromatic rings. The summed E-state index contributed by atoms with van der Waals surface area (Å²) in [5, 5.41) is 9.13. The fourth-order valence-electron chi connectivity index (χ4n) is 1.84. The highest BCUT2D eigenvalue weighted by molar-refractivity contribution is 5.83. The molecular formula is C15H32N2O2. The Morgan fingerprint density at radius 2 is 1.68 bits per heavy atom. The summed E-state index contributed by atoms with van der Waals surface area (Å²) in [6.45, 7) is 10.8. The zero-order valence-corrected chi connectivity index (χ0v) is 13.3. The van der Waals surface area contributed by atoms with E-state index in [1.807, 2.05) is 27.7 Å². The van der Waals surface area contributed by atoms with Crippen LogP contribution in [0.25, 0.3) is 0 Å². The fourth-order valence-corrected chi connectivity index (χ4v) is 1.84. The lowest BCUT2D eigenvalue weighted by molar-refractivity contribution is -0.144. The Kier molecular flexibility index (Phi) is 7.60. The number of hydrogen-bond donors (Lipinski definition) is 2. The van der Waals surface area contributed by atoms with E-state index < -0.39 is 11.0 Å². The molecule has 0 saturated heterocycles. The van der Waals surface area contributed by atoms with Gasteiger partial charge in [-0.25, -0.2) is 0 Å². The average Bonchev–Trinajstić information content (AvgIpc) is 2.30. The smallest absolute Gasteiger partial charge is 0.230 e. The van der Waals surface area contributed by atoms with Gasteiger partial charge in [-0.05, 0) is 34.1 Å². The number of aliphatic hydroxyl groups is 1. The lowest BCUT2D eigenvalue weighted by Gasteiger charge is -2.40. The van der Waals surface area contributed by atoms with Crippen LogP contribution in [0.2, 0.25) is 0 Å². The first-order valence-electron chi connectivity index (χ1n) is 7.37. The molecule has 0 aliphatic rings. The molecule has 4 nitrogen and oxygen atoms in total. The highest BCUT2D eigenvalue weighted by atomic mass is 16.3. The van der Waals surface area contributed by atoms with E-state index >= 15 is 0 Å². The highest BCUT2D eigenvalue weighted by Gasteiger charge is 2.42. The van der Waals surface area contributed by atoms with E-state index in [9.17, 15) is 4.79 Å². The quantitative estimate of drug-likeness (QED) is 0.632. The molecule has 1 amide bonds. The van der Waals surface area contributed by atoms with Gasteiger partial charge in [-0.2, -0.15) is 0 Å². The number of nitrogens with two attached hydrogens (primary N) is 1. The second-order valence-corrected chi connectivity index (χ2v) is 6.42. The first-order chi connectivity index (χ1) is 8.68. The minimum absolute atomic E-state index is 0.000593. The van der Waals surface area contributed by atoms with E-state index in [1.165, 1.54) is 12.8 Å². The van der Waals surface area contributed by atoms with Gasteiger partial charge in [0, 0.05) is 18.6 Å². The third-order valence-corrected chi connectivity index (χ3v) is 4.08. The molecule has 114 valence electrons. The van der Waals surface area contributed by atoms with Gasteiger partial charge in [-0.15, -0.1) is 0 Å². The van der Waals surface area contributed by atoms with Crippen molar-refractivity contribution in [2.24, 2.45) is 11.1 Å². The number of aliphatic hydroxyl groups excluding tert-OH is 1. The van der Waals surface area contributed by atoms with E-state index in [-0.39, 0.29) is 12.5 Å². The predicted octanol–water partition coefficient (Wildman–Crippen LogP) is 2.15. The van der Waals surface area contributed by atoms with Crippen LogP contribution < -0.4 is 5.73 Å². The molecular weight excluding hydrogens is 240 g/mol. The van der Waals surface area contributed by atoms with E-state index in [0.717, 1.165) is 12.8 Å². The second-order valence-electron chi connectivity index (χ2n) is 6.42. The Bertz CT molecular complexity index is 270. The molecule has 0 radical (unpaired) electrons. The predicted molar refractivity (Wildman–Crippen MR) is 79.9 cm³/mol. The third-order valence-electron chi connectivity index (χ3n) is 4.08. The summed E-state index contributed by atoms with van der Waals surface area (Å²) < 4.78 is 0. The van der Waals surface area contributed by atoms with E-state index in [1.54, 1.807) is 4.90 Å². The van der Waals surface area contributed by atoms with Crippen LogP contribution in [0.3, 0.4) is 0 Å². The summed E-state index contributed by atoms with van der Waals surface area (Å²) in [6.07, 6.45) is 4.47. The lowest BCUT2D eigenvalue weighted by Crippen LogP contribution is -2.57. The lowest BCUT2D eigenvalue weighted by atomic mass is 9.74. The van der Waals surface area contributed by atoms with Gasteiger partial charge in [-0.3, -0.25) is 4.79 Å². The van der Waals surface area contributed by atoms with Gasteiger partial charge in [0.1, 0.15) is 0 Å². The molecule has 0 aromatic carbocycles. The monoisotopic (exact) mass is 272 g/mol. The topological polar surface area (TPSA) is 66.6 Å². The van der Waals surface area contributed by atoms with Gasteiger partial charge in [0.15, 0.2) is 0 Å². The molecule has 0 rings (SSSR count). The highest BCUT2D eigenvalue weighted by Crippen LogP contribution is 2.30. The maximum atomic E-state index is 12.6. The van der Waals surface area contributed by atoms with Crippen molar-refractivity contribution in [2.75, 3.05) is 19.7 Å². The van der Waals surface area contributed by atoms with Crippen LogP contribution in [0.15, 0.2) is 0 Å². The molecule has 3 N–H and O–H groups in total. The van der Waals surface area contributed by atoms with Crippen molar-refractivity contribution in [3.8, 4) is 0 Å². The van der Waals surface area contributed by atoms with Crippen LogP contribution in [0.4, 0.5) is 0 Å². The minimum atomic E-state index is -0.632. The Morgan fingerprint density at radius 3 is 2.11 bits per heavy atom. The molecule has 0 saturated carbocycles. The largest absolute Gasteiger partial charge is 0.395 e. The Hall–Kier alpha value is -0.610. The first kappa shape index (κ1) is 18.4. The average molecular weight is 272 g/mol. The summed E-state index contributed by atoms with van der Waals surface area (Å²) in [6, 6.07) is 0. The Labute approximate surface area is 118 Å². The van der Waals surface area contributed by atoms with Crippen molar-refractivity contribution in [1.82, 2.24) is 4.90 Å². The van der Waals surface area contributed by atoms with Crippen LogP contribution in [0, 0.1) is 5.41 Å². The van der Waals surface area contributed by atoms with Gasteiger partial charge >= 0.3 is 0 Å². The zero-order chi connectivity index (χ0) is 15.1. The number of rotatable bonds is 9. The number of unbranched alkanes of at least 4 members (excludes halogenated alkanes) is 3. The number of carbonyl (C=O) groups excluding carboxylic acids is 1. The van der Waals surface area contributed by atoms with Crippen LogP contribution in [0.1, 0.15) is 60.3 Å². The molecule has 4 heteroatoms. The molecule has 0 bridgehead atoms. The van der Waals surface area contributed by atoms with Gasteiger partial charge in [0.05, 0.1) is 12.0 Å². The zero-order valence-electron chi connectivity index (χ0n) is 13.3. The van der Waals surface area contributed by atoms with Crippen molar-refractivity contribution in [2.45, 2.75) is 65.8 Å². The Balaban J connectivity index is 4.65. The van der Waals surface area contributed by atoms with E-state index in [0.29, 0.717) is 13.1 Å². The summed E-state index contributed by atoms with van der Waals surface area (Å²) in [5.41, 5.74) is 4.90. The van der Waals surface area contributed by atoms with E-state index in [2.05, 4.69) is 6.92 Å². The summed E-state index contributed by atoms with van der Waals surface area (Å²) >= 11 is 0. The summed E-state index contributed by atoms with van der Waals surface area (Å²) in [4.78, 5) is 14.4. The number of carbonyl (C=O) groups is 1. The van der Waals surface area contributed by atoms with Crippen LogP contribution in [0.5, 0.6) is 0 Å². The maximum absolute atomic E-state index is 12.6. The molecule has 0 aromatic heterocycles. The van der Waals surface area contributed by atoms with Crippen molar-refractivity contribution in [1.29, 1.82) is 0 Å². The van der Waals surface area contributed by atoms with Gasteiger partial charge < -0.3 is 15.7 Å². The molecule has 0 spiro atoms. The minimum Gasteiger partial charge on any atom is -0.395 e. The molecule has 0 aliphatic carbocycles. The van der Waals surface area contributed by atoms with E-state index in [4.69, 9.17) is 10.8 Å². The molecule has 0 aliphatic heterocycles. The fraction of sp³-hybridized carbons (Fsp3) is 0.933. The van der Waals surface area contributed by atoms with Crippen molar-refractivity contribution in [3.05, 3.63) is 0 Å². The van der Waals surface area contributed by atoms with Crippen molar-refractivity contribution in [3.63, 3.8) is 0 Å². The first-order valence-corrected chi connectivity index (χ1v) is 7.37. The second kappa shape index (κ2) is 7.85. The SMILES string of the molecule is CCCCCCN(CCO)C(=O)C(C)(C)C(C)(C)N. The van der Waals surface area contributed by atoms with Crippen LogP contribution in [-0.4, -0.2) is 41.1 Å². The molecule has 0 unspecified atom stereocenters. The van der Waals surface area contributed by atoms with Gasteiger partial charge in [0.25, 0.3) is 0 Å². The van der Waals surface area contributed by atoms with Crippen molar-refractivity contribution >= 4 is 5.91 Å². The number of amides is 1. The maximum Gasteiger partial charge on any atom is 0.230 e. The summed E-state index contributed by atoms with van der Waals surface area (Å²) in [7, 11) is 0. The molecule has 0 heterocycles. The molecule has 0 fully saturated rings. The number of nitrogens with zero attached hydrogens (tertiary/aromatic N) is 1. The van der Waals surface area contributed by atoms with Crippen molar-refractivity contribution < 1.29 is 9.90 Å².